The number of H-pyrrole nitrogens is 1. The van der Waals surface area contributed by atoms with Crippen LogP contribution in [0.25, 0.3) is 22.0 Å². The molecule has 1 aliphatic rings. The van der Waals surface area contributed by atoms with Gasteiger partial charge in [0.15, 0.2) is 0 Å². The summed E-state index contributed by atoms with van der Waals surface area (Å²) in [7, 11) is 1.55. The molecule has 1 aromatic carbocycles. The second-order valence-corrected chi connectivity index (χ2v) is 7.77. The first kappa shape index (κ1) is 19.4. The minimum Gasteiger partial charge on any atom is -0.497 e. The highest BCUT2D eigenvalue weighted by Crippen LogP contribution is 2.35. The van der Waals surface area contributed by atoms with Gasteiger partial charge in [0.2, 0.25) is 0 Å². The van der Waals surface area contributed by atoms with Gasteiger partial charge in [-0.1, -0.05) is 0 Å². The normalized spacial score (nSPS) is 14.4. The van der Waals surface area contributed by atoms with Gasteiger partial charge in [-0.2, -0.15) is 9.78 Å². The van der Waals surface area contributed by atoms with Crippen molar-refractivity contribution in [3.8, 4) is 5.75 Å². The summed E-state index contributed by atoms with van der Waals surface area (Å²) in [4.78, 5) is 40.6. The van der Waals surface area contributed by atoms with Crippen LogP contribution < -0.4 is 10.1 Å². The molecule has 0 atom stereocenters. The number of methoxy groups -OCH3 is 1. The van der Waals surface area contributed by atoms with E-state index in [1.165, 1.54) is 12.3 Å². The molecule has 2 aromatic heterocycles. The smallest absolute Gasteiger partial charge is 0.435 e. The summed E-state index contributed by atoms with van der Waals surface area (Å²) >= 11 is 0. The lowest BCUT2D eigenvalue weighted by Crippen LogP contribution is -2.27. The van der Waals surface area contributed by atoms with Crippen LogP contribution in [0.15, 0.2) is 36.7 Å². The van der Waals surface area contributed by atoms with Crippen LogP contribution in [-0.4, -0.2) is 45.4 Å². The van der Waals surface area contributed by atoms with Gasteiger partial charge in [0, 0.05) is 28.9 Å². The molecule has 0 radical (unpaired) electrons. The number of amides is 2. The van der Waals surface area contributed by atoms with E-state index >= 15 is 0 Å². The number of ether oxygens (including phenoxy) is 2. The number of hydrogen-bond acceptors (Lipinski definition) is 6. The Hall–Kier alpha value is -3.88. The first-order valence-corrected chi connectivity index (χ1v) is 9.23. The maximum absolute atomic E-state index is 12.6. The Morgan fingerprint density at radius 2 is 1.83 bits per heavy atom. The Balaban J connectivity index is 1.83. The highest BCUT2D eigenvalue weighted by atomic mass is 16.6. The maximum Gasteiger partial charge on any atom is 0.435 e. The zero-order valence-corrected chi connectivity index (χ0v) is 16.9. The Morgan fingerprint density at radius 3 is 2.53 bits per heavy atom. The molecule has 0 fully saturated rings. The molecular formula is C21H20N4O5. The Labute approximate surface area is 171 Å². The van der Waals surface area contributed by atoms with Crippen molar-refractivity contribution in [2.45, 2.75) is 26.4 Å². The lowest BCUT2D eigenvalue weighted by Gasteiger charge is -2.18. The molecule has 0 spiro atoms. The topological polar surface area (TPSA) is 115 Å². The van der Waals surface area contributed by atoms with Crippen LogP contribution in [0, 0.1) is 0 Å². The molecule has 3 heterocycles. The molecule has 4 rings (SSSR count). The largest absolute Gasteiger partial charge is 0.497 e. The standard InChI is InChI=1S/C21H20N4O5/c1-21(2,3)30-20(28)25-8-7-15(24-25)17-16(18(26)23-19(17)27)13-10-22-14-6-5-11(29-4)9-12(13)14/h5-10,22H,1-4H3,(H,23,26,27). The average molecular weight is 408 g/mol. The Kier molecular flexibility index (Phi) is 4.45. The Bertz CT molecular complexity index is 1230. The number of fused-ring (bicyclic) bond motifs is 1. The van der Waals surface area contributed by atoms with Gasteiger partial charge in [0.25, 0.3) is 11.8 Å². The number of hydrogen-bond donors (Lipinski definition) is 2. The fraction of sp³-hybridized carbons (Fsp3) is 0.238. The fourth-order valence-electron chi connectivity index (χ4n) is 3.26. The molecule has 0 bridgehead atoms. The van der Waals surface area contributed by atoms with Gasteiger partial charge >= 0.3 is 6.09 Å². The van der Waals surface area contributed by atoms with E-state index in [2.05, 4.69) is 15.4 Å². The van der Waals surface area contributed by atoms with Crippen molar-refractivity contribution in [3.63, 3.8) is 0 Å². The molecule has 0 aliphatic carbocycles. The number of rotatable bonds is 3. The fourth-order valence-corrected chi connectivity index (χ4v) is 3.26. The first-order chi connectivity index (χ1) is 14.2. The number of imide groups is 1. The summed E-state index contributed by atoms with van der Waals surface area (Å²) in [5.74, 6) is -0.503. The van der Waals surface area contributed by atoms with Gasteiger partial charge in [0.05, 0.1) is 23.9 Å². The molecule has 9 nitrogen and oxygen atoms in total. The molecule has 0 unspecified atom stereocenters. The quantitative estimate of drug-likeness (QED) is 0.644. The van der Waals surface area contributed by atoms with Gasteiger partial charge in [0.1, 0.15) is 11.4 Å². The van der Waals surface area contributed by atoms with Crippen LogP contribution in [0.1, 0.15) is 32.0 Å². The van der Waals surface area contributed by atoms with Crippen molar-refractivity contribution in [2.24, 2.45) is 0 Å². The van der Waals surface area contributed by atoms with E-state index in [1.54, 1.807) is 46.2 Å². The number of carbonyl (C=O) groups excluding carboxylic acids is 3. The van der Waals surface area contributed by atoms with E-state index in [4.69, 9.17) is 9.47 Å². The van der Waals surface area contributed by atoms with Gasteiger partial charge < -0.3 is 14.5 Å². The van der Waals surface area contributed by atoms with Crippen LogP contribution >= 0.6 is 0 Å². The number of aromatic nitrogens is 3. The van der Waals surface area contributed by atoms with Gasteiger partial charge in [-0.25, -0.2) is 4.79 Å². The van der Waals surface area contributed by atoms with Crippen LogP contribution in [0.5, 0.6) is 5.75 Å². The van der Waals surface area contributed by atoms with Gasteiger partial charge in [-0.15, -0.1) is 0 Å². The highest BCUT2D eigenvalue weighted by molar-refractivity contribution is 6.49. The van der Waals surface area contributed by atoms with Gasteiger partial charge in [-0.3, -0.25) is 14.9 Å². The van der Waals surface area contributed by atoms with Crippen LogP contribution in [0.3, 0.4) is 0 Å². The monoisotopic (exact) mass is 408 g/mol. The summed E-state index contributed by atoms with van der Waals surface area (Å²) in [6.45, 7) is 5.22. The molecule has 3 aromatic rings. The van der Waals surface area contributed by atoms with Crippen molar-refractivity contribution in [3.05, 3.63) is 47.9 Å². The highest BCUT2D eigenvalue weighted by Gasteiger charge is 2.35. The molecule has 0 saturated carbocycles. The molecule has 9 heteroatoms. The van der Waals surface area contributed by atoms with E-state index in [9.17, 15) is 14.4 Å². The lowest BCUT2D eigenvalue weighted by molar-refractivity contribution is -0.122. The summed E-state index contributed by atoms with van der Waals surface area (Å²) in [6, 6.07) is 6.89. The van der Waals surface area contributed by atoms with E-state index < -0.39 is 23.5 Å². The third-order valence-electron chi connectivity index (χ3n) is 4.52. The maximum atomic E-state index is 12.6. The number of benzene rings is 1. The third kappa shape index (κ3) is 3.34. The van der Waals surface area contributed by atoms with E-state index in [-0.39, 0.29) is 16.8 Å². The molecule has 2 N–H and O–H groups in total. The summed E-state index contributed by atoms with van der Waals surface area (Å²) < 4.78 is 11.6. The van der Waals surface area contributed by atoms with E-state index in [1.807, 2.05) is 6.07 Å². The second-order valence-electron chi connectivity index (χ2n) is 7.77. The predicted molar refractivity (Wildman–Crippen MR) is 109 cm³/mol. The molecule has 2 amide bonds. The zero-order valence-electron chi connectivity index (χ0n) is 16.9. The summed E-state index contributed by atoms with van der Waals surface area (Å²) in [5, 5.41) is 7.20. The number of nitrogens with one attached hydrogen (secondary N) is 2. The predicted octanol–water partition coefficient (Wildman–Crippen LogP) is 2.72. The Morgan fingerprint density at radius 1 is 1.10 bits per heavy atom. The second kappa shape index (κ2) is 6.87. The minimum absolute atomic E-state index is 0.0889. The number of carbonyl (C=O) groups is 3. The van der Waals surface area contributed by atoms with E-state index in [0.29, 0.717) is 11.3 Å². The van der Waals surface area contributed by atoms with Crippen molar-refractivity contribution >= 4 is 40.0 Å². The number of aromatic amines is 1. The van der Waals surface area contributed by atoms with Gasteiger partial charge in [-0.05, 0) is 45.0 Å². The average Bonchev–Trinajstić information content (AvgIpc) is 3.36. The van der Waals surface area contributed by atoms with Crippen molar-refractivity contribution in [1.29, 1.82) is 0 Å². The molecule has 1 aliphatic heterocycles. The van der Waals surface area contributed by atoms with Crippen LogP contribution in [-0.2, 0) is 14.3 Å². The van der Waals surface area contributed by atoms with Crippen LogP contribution in [0.2, 0.25) is 0 Å². The molecular weight excluding hydrogens is 388 g/mol. The third-order valence-corrected chi connectivity index (χ3v) is 4.52. The summed E-state index contributed by atoms with van der Waals surface area (Å²) in [6.07, 6.45) is 2.36. The minimum atomic E-state index is -0.697. The summed E-state index contributed by atoms with van der Waals surface area (Å²) in [5.41, 5.74) is 1.08. The molecule has 30 heavy (non-hydrogen) atoms. The van der Waals surface area contributed by atoms with Crippen LogP contribution in [0.4, 0.5) is 4.79 Å². The van der Waals surface area contributed by atoms with Crippen molar-refractivity contribution in [2.75, 3.05) is 7.11 Å². The SMILES string of the molecule is COc1ccc2[nH]cc(C3=C(c4ccn(C(=O)OC(C)(C)C)n4)C(=O)NC3=O)c2c1. The zero-order chi connectivity index (χ0) is 21.6. The lowest BCUT2D eigenvalue weighted by atomic mass is 9.99. The molecule has 154 valence electrons. The first-order valence-electron chi connectivity index (χ1n) is 9.23. The molecule has 0 saturated heterocycles. The van der Waals surface area contributed by atoms with Crippen molar-refractivity contribution < 1.29 is 23.9 Å². The van der Waals surface area contributed by atoms with Crippen molar-refractivity contribution in [1.82, 2.24) is 20.1 Å². The number of nitrogens with zero attached hydrogens (tertiary/aromatic N) is 2. The van der Waals surface area contributed by atoms with E-state index in [0.717, 1.165) is 15.6 Å².